The number of aliphatic hydroxyl groups excluding tert-OH is 4. The number of benzene rings is 1. The van der Waals surface area contributed by atoms with Gasteiger partial charge in [0.2, 0.25) is 23.6 Å². The monoisotopic (exact) mass is 1460 g/mol. The molecular formula is C71H112N6O22S2+2. The summed E-state index contributed by atoms with van der Waals surface area (Å²) < 4.78 is 91.2. The van der Waals surface area contributed by atoms with Gasteiger partial charge < -0.3 is 60.6 Å². The standard InChI is InChI=1S/C71H110N6O22S2/c1-12-67(7,65(88)97-16-5)42-55(61(84)96-15-4)43-70(10,63(86)73-14-3)40-54(60(83)72-13-2)41-71(11,66(89)99-49-81)45-56(62(85)98-48-80)44-69(9,64(87)75-47-79)39-53(59(82)74-46-78)36-52(51-24-18-17-19-25-51)38-68(8,57-27-32-76(33-28-57)29-22-34-100(90,91)92)37-50(6)58-26-20-21-30-77(58)31-23-35-101(93,94)95/h17-21,24-28,30,32-33,50,52-56,78-81H,12-16,22-23,29,31,34-49H2,1-11H3,(H4-2,72,73,74,75,82,83,86,87,90,91,92,93,94,95)/p+2. The molecule has 0 aliphatic heterocycles. The fraction of sp³-hybridized carbons (Fsp3) is 0.662. The molecule has 3 rings (SSSR count). The van der Waals surface area contributed by atoms with E-state index >= 15 is 0 Å². The topological polar surface area (TPSA) is 419 Å². The lowest BCUT2D eigenvalue weighted by molar-refractivity contribution is -0.705. The molecule has 3 aromatic rings. The Labute approximate surface area is 595 Å². The Balaban J connectivity index is 2.37. The number of esters is 4. The number of aromatic nitrogens is 2. The number of nitrogens with one attached hydrogen (secondary N) is 4. The van der Waals surface area contributed by atoms with Crippen molar-refractivity contribution in [2.45, 2.75) is 190 Å². The number of carbonyl (C=O) groups is 8. The van der Waals surface area contributed by atoms with Crippen LogP contribution in [-0.2, 0) is 96.0 Å². The molecule has 0 radical (unpaired) electrons. The third-order valence-electron chi connectivity index (χ3n) is 19.3. The second-order valence-electron chi connectivity index (χ2n) is 27.7. The summed E-state index contributed by atoms with van der Waals surface area (Å²) in [6.07, 6.45) is 3.36. The smallest absolute Gasteiger partial charge is 0.313 e. The molecule has 0 saturated heterocycles. The zero-order valence-corrected chi connectivity index (χ0v) is 62.2. The summed E-state index contributed by atoms with van der Waals surface area (Å²) in [6.45, 7) is 14.7. The summed E-state index contributed by atoms with van der Waals surface area (Å²) in [7, 11) is -8.52. The molecule has 28 nitrogen and oxygen atoms in total. The van der Waals surface area contributed by atoms with Crippen LogP contribution < -0.4 is 30.4 Å². The average Bonchev–Trinajstić information content (AvgIpc) is 0.793. The van der Waals surface area contributed by atoms with Gasteiger partial charge in [0.05, 0.1) is 47.4 Å². The van der Waals surface area contributed by atoms with Crippen molar-refractivity contribution in [1.29, 1.82) is 0 Å². The molecule has 0 spiro atoms. The molecule has 0 aliphatic carbocycles. The van der Waals surface area contributed by atoms with E-state index in [1.54, 1.807) is 70.6 Å². The van der Waals surface area contributed by atoms with Crippen molar-refractivity contribution in [3.05, 3.63) is 96.1 Å². The molecule has 10 N–H and O–H groups in total. The molecule has 2 aromatic heterocycles. The normalized spacial score (nSPS) is 16.6. The van der Waals surface area contributed by atoms with Gasteiger partial charge in [0.1, 0.15) is 26.6 Å². The molecule has 0 saturated carbocycles. The number of nitrogens with zero attached hydrogens (tertiary/aromatic N) is 2. The Hall–Kier alpha value is -7.06. The van der Waals surface area contributed by atoms with Crippen molar-refractivity contribution in [3.63, 3.8) is 0 Å². The van der Waals surface area contributed by atoms with Gasteiger partial charge in [0.25, 0.3) is 20.2 Å². The molecule has 4 amide bonds. The molecule has 0 aliphatic rings. The van der Waals surface area contributed by atoms with Gasteiger partial charge in [0, 0.05) is 78.8 Å². The summed E-state index contributed by atoms with van der Waals surface area (Å²) >= 11 is 0. The van der Waals surface area contributed by atoms with E-state index in [0.29, 0.717) is 6.42 Å². The van der Waals surface area contributed by atoms with Crippen molar-refractivity contribution >= 4 is 67.7 Å². The van der Waals surface area contributed by atoms with E-state index in [1.807, 2.05) is 73.1 Å². The molecular weight excluding hydrogens is 1350 g/mol. The van der Waals surface area contributed by atoms with Crippen molar-refractivity contribution in [3.8, 4) is 0 Å². The lowest BCUT2D eigenvalue weighted by Crippen LogP contribution is -2.48. The number of amides is 4. The van der Waals surface area contributed by atoms with Crippen LogP contribution in [0.3, 0.4) is 0 Å². The van der Waals surface area contributed by atoms with Gasteiger partial charge in [-0.1, -0.05) is 71.0 Å². The van der Waals surface area contributed by atoms with E-state index in [4.69, 9.17) is 18.9 Å². The number of ether oxygens (including phenoxy) is 4. The van der Waals surface area contributed by atoms with E-state index < -0.39 is 189 Å². The molecule has 2 heterocycles. The van der Waals surface area contributed by atoms with Crippen molar-refractivity contribution in [2.75, 3.05) is 64.9 Å². The quantitative estimate of drug-likeness (QED) is 0.0117. The zero-order chi connectivity index (χ0) is 76.0. The number of aliphatic hydroxyl groups is 4. The summed E-state index contributed by atoms with van der Waals surface area (Å²) in [5.41, 5.74) is -5.38. The van der Waals surface area contributed by atoms with Gasteiger partial charge >= 0.3 is 23.9 Å². The first kappa shape index (κ1) is 88.2. The van der Waals surface area contributed by atoms with Crippen molar-refractivity contribution in [1.82, 2.24) is 21.3 Å². The summed E-state index contributed by atoms with van der Waals surface area (Å²) in [4.78, 5) is 116. The van der Waals surface area contributed by atoms with E-state index in [1.165, 1.54) is 20.8 Å². The van der Waals surface area contributed by atoms with Crippen LogP contribution in [0.1, 0.15) is 188 Å². The van der Waals surface area contributed by atoms with Crippen LogP contribution in [0, 0.1) is 45.3 Å². The number of rotatable bonds is 48. The van der Waals surface area contributed by atoms with Crippen LogP contribution >= 0.6 is 0 Å². The number of aryl methyl sites for hydroxylation is 2. The van der Waals surface area contributed by atoms with Crippen molar-refractivity contribution in [2.24, 2.45) is 45.3 Å². The van der Waals surface area contributed by atoms with E-state index in [-0.39, 0.29) is 96.7 Å². The van der Waals surface area contributed by atoms with E-state index in [9.17, 15) is 84.7 Å². The molecule has 568 valence electrons. The molecule has 30 heteroatoms. The van der Waals surface area contributed by atoms with E-state index in [2.05, 4.69) is 21.3 Å². The predicted octanol–water partition coefficient (Wildman–Crippen LogP) is 4.98. The highest BCUT2D eigenvalue weighted by Gasteiger charge is 2.51. The van der Waals surface area contributed by atoms with Gasteiger partial charge in [-0.15, -0.1) is 0 Å². The van der Waals surface area contributed by atoms with Crippen LogP contribution in [0.25, 0.3) is 0 Å². The molecule has 11 atom stereocenters. The first-order valence-electron chi connectivity index (χ1n) is 34.6. The number of pyridine rings is 2. The minimum Gasteiger partial charge on any atom is -0.466 e. The Morgan fingerprint density at radius 3 is 1.50 bits per heavy atom. The largest absolute Gasteiger partial charge is 0.466 e. The van der Waals surface area contributed by atoms with Crippen LogP contribution in [0.5, 0.6) is 0 Å². The van der Waals surface area contributed by atoms with Crippen LogP contribution in [0.15, 0.2) is 79.3 Å². The Morgan fingerprint density at radius 2 is 0.970 bits per heavy atom. The molecule has 101 heavy (non-hydrogen) atoms. The van der Waals surface area contributed by atoms with Gasteiger partial charge in [-0.3, -0.25) is 47.5 Å². The fourth-order valence-corrected chi connectivity index (χ4v) is 15.2. The van der Waals surface area contributed by atoms with Crippen LogP contribution in [0.4, 0.5) is 0 Å². The van der Waals surface area contributed by atoms with E-state index in [0.717, 1.165) is 16.8 Å². The van der Waals surface area contributed by atoms with Gasteiger partial charge in [-0.25, -0.2) is 9.13 Å². The molecule has 0 fully saturated rings. The highest BCUT2D eigenvalue weighted by molar-refractivity contribution is 7.86. The minimum atomic E-state index is -4.27. The lowest BCUT2D eigenvalue weighted by Gasteiger charge is -2.40. The highest BCUT2D eigenvalue weighted by Crippen LogP contribution is 2.49. The Morgan fingerprint density at radius 1 is 0.495 bits per heavy atom. The maximum atomic E-state index is 15.0. The summed E-state index contributed by atoms with van der Waals surface area (Å²) in [6, 6.07) is 18.5. The third kappa shape index (κ3) is 27.9. The second kappa shape index (κ2) is 41.3. The molecule has 0 bridgehead atoms. The molecule has 1 aromatic carbocycles. The van der Waals surface area contributed by atoms with Gasteiger partial charge in [-0.05, 0) is 135 Å². The van der Waals surface area contributed by atoms with Gasteiger partial charge in [0.15, 0.2) is 37.9 Å². The number of carbonyl (C=O) groups excluding carboxylic acids is 8. The second-order valence-corrected chi connectivity index (χ2v) is 30.8. The maximum absolute atomic E-state index is 15.0. The first-order valence-corrected chi connectivity index (χ1v) is 37.8. The van der Waals surface area contributed by atoms with Crippen LogP contribution in [0.2, 0.25) is 0 Å². The zero-order valence-electron chi connectivity index (χ0n) is 60.6. The maximum Gasteiger partial charge on any atom is 0.313 e. The Kier molecular flexibility index (Phi) is 36.0. The number of hydrogen-bond acceptors (Lipinski definition) is 20. The predicted molar refractivity (Wildman–Crippen MR) is 371 cm³/mol. The summed E-state index contributed by atoms with van der Waals surface area (Å²) in [5.74, 6) is -13.7. The average molecular weight is 1470 g/mol. The number of hydrogen-bond donors (Lipinski definition) is 10. The lowest BCUT2D eigenvalue weighted by atomic mass is 9.64. The summed E-state index contributed by atoms with van der Waals surface area (Å²) in [5, 5.41) is 51.7. The SMILES string of the molecule is CCNC(=O)C(CC(C)(CC(CC(C)(CC)C(=O)OCC)C(=O)OCC)C(=O)NCC)CC(C)(CC(CC(C)(CC(CC(CC(C)(CC(C)c1cccc[n+]1CCCS(=O)(=O)O)c1cc[n+](CCCS(=O)(=O)O)cc1)c1ccccc1)C(=O)NCO)C(=O)NCO)C(=O)OCO)C(=O)OCO. The fourth-order valence-electron chi connectivity index (χ4n) is 14.2. The first-order chi connectivity index (χ1) is 47.4. The van der Waals surface area contributed by atoms with Gasteiger partial charge in [-0.2, -0.15) is 16.8 Å². The molecule has 11 unspecified atom stereocenters. The van der Waals surface area contributed by atoms with Crippen LogP contribution in [-0.4, -0.2) is 159 Å². The van der Waals surface area contributed by atoms with Crippen molar-refractivity contribution < 1.29 is 113 Å². The minimum absolute atomic E-state index is 0.0492. The highest BCUT2D eigenvalue weighted by atomic mass is 32.2. The third-order valence-corrected chi connectivity index (χ3v) is 20.9. The Bertz CT molecular complexity index is 3400.